The summed E-state index contributed by atoms with van der Waals surface area (Å²) in [5.74, 6) is -0.430. The van der Waals surface area contributed by atoms with E-state index in [0.717, 1.165) is 0 Å². The molecule has 12 heavy (non-hydrogen) atoms. The van der Waals surface area contributed by atoms with Gasteiger partial charge in [0.05, 0.1) is 12.4 Å². The molecule has 1 aliphatic rings. The molecule has 0 aromatic rings. The SMILES string of the molecule is [O-]C(=C1C=CC=CN1)N([S-])N=S. The van der Waals surface area contributed by atoms with Crippen LogP contribution in [0.3, 0.4) is 0 Å². The minimum atomic E-state index is -0.430. The van der Waals surface area contributed by atoms with Crippen molar-refractivity contribution >= 4 is 25.2 Å². The lowest BCUT2D eigenvalue weighted by molar-refractivity contribution is -0.325. The molecule has 6 heteroatoms. The van der Waals surface area contributed by atoms with E-state index in [4.69, 9.17) is 0 Å². The molecule has 1 heterocycles. The molecule has 0 bridgehead atoms. The van der Waals surface area contributed by atoms with Gasteiger partial charge in [-0.05, 0) is 18.0 Å². The fourth-order valence-electron chi connectivity index (χ4n) is 0.666. The molecule has 4 nitrogen and oxygen atoms in total. The molecular weight excluding hydrogens is 194 g/mol. The first-order chi connectivity index (χ1) is 5.75. The van der Waals surface area contributed by atoms with Crippen LogP contribution in [0.15, 0.2) is 40.5 Å². The van der Waals surface area contributed by atoms with Gasteiger partial charge in [-0.25, -0.2) is 0 Å². The summed E-state index contributed by atoms with van der Waals surface area (Å²) in [6.45, 7) is 0. The van der Waals surface area contributed by atoms with Crippen LogP contribution in [0.4, 0.5) is 0 Å². The van der Waals surface area contributed by atoms with E-state index in [0.29, 0.717) is 10.1 Å². The van der Waals surface area contributed by atoms with Gasteiger partial charge in [0.25, 0.3) is 0 Å². The Balaban J connectivity index is 2.82. The second-order valence-electron chi connectivity index (χ2n) is 1.94. The number of hydrogen-bond donors (Lipinski definition) is 1. The van der Waals surface area contributed by atoms with E-state index < -0.39 is 5.88 Å². The van der Waals surface area contributed by atoms with Crippen LogP contribution in [0.2, 0.25) is 0 Å². The Morgan fingerprint density at radius 1 is 1.67 bits per heavy atom. The molecule has 0 saturated heterocycles. The van der Waals surface area contributed by atoms with Gasteiger partial charge in [-0.3, -0.25) is 0 Å². The monoisotopic (exact) mass is 199 g/mol. The van der Waals surface area contributed by atoms with Crippen molar-refractivity contribution < 1.29 is 5.11 Å². The number of nitrogens with one attached hydrogen (secondary N) is 1. The predicted octanol–water partition coefficient (Wildman–Crippen LogP) is -0.402. The van der Waals surface area contributed by atoms with Crippen LogP contribution in [0.25, 0.3) is 0 Å². The second kappa shape index (κ2) is 4.13. The summed E-state index contributed by atoms with van der Waals surface area (Å²) in [5.41, 5.74) is 0.362. The number of allylic oxidation sites excluding steroid dienone is 3. The van der Waals surface area contributed by atoms with E-state index >= 15 is 0 Å². The molecule has 64 valence electrons. The summed E-state index contributed by atoms with van der Waals surface area (Å²) in [6, 6.07) is 0. The third-order valence-corrected chi connectivity index (χ3v) is 1.70. The van der Waals surface area contributed by atoms with Crippen LogP contribution in [-0.4, -0.2) is 4.41 Å². The van der Waals surface area contributed by atoms with Crippen LogP contribution in [0.1, 0.15) is 0 Å². The van der Waals surface area contributed by atoms with Gasteiger partial charge in [-0.15, -0.1) is 4.47 Å². The van der Waals surface area contributed by atoms with Crippen molar-refractivity contribution in [2.45, 2.75) is 0 Å². The number of dihydropyridines is 1. The van der Waals surface area contributed by atoms with Crippen LogP contribution >= 0.6 is 0 Å². The van der Waals surface area contributed by atoms with Crippen molar-refractivity contribution in [2.75, 3.05) is 0 Å². The lowest BCUT2D eigenvalue weighted by atomic mass is 10.3. The summed E-state index contributed by atoms with van der Waals surface area (Å²) < 4.78 is 3.81. The molecule has 0 aromatic carbocycles. The molecule has 0 aromatic heterocycles. The van der Waals surface area contributed by atoms with Crippen LogP contribution in [0, 0.1) is 0 Å². The zero-order valence-corrected chi connectivity index (χ0v) is 7.56. The van der Waals surface area contributed by atoms with E-state index in [9.17, 15) is 5.11 Å². The van der Waals surface area contributed by atoms with Gasteiger partial charge in [-0.1, -0.05) is 6.08 Å². The lowest BCUT2D eigenvalue weighted by Gasteiger charge is -2.33. The molecule has 0 atom stereocenters. The molecule has 1 aliphatic heterocycles. The van der Waals surface area contributed by atoms with E-state index in [1.54, 1.807) is 24.4 Å². The highest BCUT2D eigenvalue weighted by Gasteiger charge is 1.94. The van der Waals surface area contributed by atoms with Crippen molar-refractivity contribution in [3.63, 3.8) is 0 Å². The van der Waals surface area contributed by atoms with E-state index in [-0.39, 0.29) is 0 Å². The van der Waals surface area contributed by atoms with Crippen molar-refractivity contribution in [1.82, 2.24) is 9.73 Å². The molecule has 0 saturated carbocycles. The number of rotatable bonds is 2. The first-order valence-electron chi connectivity index (χ1n) is 3.07. The molecule has 0 amide bonds. The summed E-state index contributed by atoms with van der Waals surface area (Å²) in [6.07, 6.45) is 6.70. The third-order valence-electron chi connectivity index (χ3n) is 1.19. The van der Waals surface area contributed by atoms with Crippen molar-refractivity contribution in [2.24, 2.45) is 4.47 Å². The highest BCUT2D eigenvalue weighted by Crippen LogP contribution is 2.05. The largest absolute Gasteiger partial charge is 0.859 e. The predicted molar refractivity (Wildman–Crippen MR) is 47.4 cm³/mol. The van der Waals surface area contributed by atoms with Crippen molar-refractivity contribution in [3.8, 4) is 0 Å². The van der Waals surface area contributed by atoms with Gasteiger partial charge in [-0.2, -0.15) is 0 Å². The molecule has 0 radical (unpaired) electrons. The van der Waals surface area contributed by atoms with Crippen LogP contribution in [-0.2, 0) is 25.2 Å². The fraction of sp³-hybridized carbons (Fsp3) is 0. The normalized spacial score (nSPS) is 18.4. The Morgan fingerprint density at radius 2 is 2.42 bits per heavy atom. The third kappa shape index (κ3) is 1.99. The number of nitrogens with zero attached hydrogens (tertiary/aromatic N) is 2. The Labute approximate surface area is 80.9 Å². The zero-order chi connectivity index (χ0) is 8.97. The minimum Gasteiger partial charge on any atom is -0.859 e. The maximum absolute atomic E-state index is 11.2. The highest BCUT2D eigenvalue weighted by molar-refractivity contribution is 7.56. The Bertz CT molecular complexity index is 272. The van der Waals surface area contributed by atoms with Crippen LogP contribution < -0.4 is 10.4 Å². The molecule has 0 fully saturated rings. The molecule has 0 aliphatic carbocycles. The maximum Gasteiger partial charge on any atom is 0.0611 e. The fourth-order valence-corrected chi connectivity index (χ4v) is 0.839. The van der Waals surface area contributed by atoms with Gasteiger partial charge in [0, 0.05) is 11.9 Å². The Hall–Kier alpha value is -1.01. The summed E-state index contributed by atoms with van der Waals surface area (Å²) in [5, 5.41) is 13.9. The topological polar surface area (TPSA) is 50.7 Å². The molecule has 0 spiro atoms. The smallest absolute Gasteiger partial charge is 0.0611 e. The highest BCUT2D eigenvalue weighted by atomic mass is 32.1. The van der Waals surface area contributed by atoms with E-state index in [1.807, 2.05) is 0 Å². The average molecular weight is 199 g/mol. The van der Waals surface area contributed by atoms with Crippen molar-refractivity contribution in [1.29, 1.82) is 0 Å². The maximum atomic E-state index is 11.2. The molecule has 0 unspecified atom stereocenters. The molecular formula is C6H5N3OS2-2. The quantitative estimate of drug-likeness (QED) is 0.372. The lowest BCUT2D eigenvalue weighted by Crippen LogP contribution is -2.25. The van der Waals surface area contributed by atoms with Gasteiger partial charge in [0.15, 0.2) is 0 Å². The first kappa shape index (κ1) is 9.08. The Morgan fingerprint density at radius 3 is 2.92 bits per heavy atom. The van der Waals surface area contributed by atoms with Gasteiger partial charge in [0.2, 0.25) is 0 Å². The molecule has 1 rings (SSSR count). The van der Waals surface area contributed by atoms with Gasteiger partial charge >= 0.3 is 0 Å². The second-order valence-corrected chi connectivity index (χ2v) is 2.45. The summed E-state index contributed by atoms with van der Waals surface area (Å²) >= 11 is 8.80. The van der Waals surface area contributed by atoms with Gasteiger partial charge < -0.3 is 27.7 Å². The van der Waals surface area contributed by atoms with Crippen LogP contribution in [0.5, 0.6) is 0 Å². The van der Waals surface area contributed by atoms with E-state index in [2.05, 4.69) is 35.0 Å². The summed E-state index contributed by atoms with van der Waals surface area (Å²) in [4.78, 5) is 0. The van der Waals surface area contributed by atoms with Gasteiger partial charge in [0.1, 0.15) is 0 Å². The summed E-state index contributed by atoms with van der Waals surface area (Å²) in [7, 11) is 0. The minimum absolute atomic E-state index is 0.362. The Kier molecular flexibility index (Phi) is 3.12. The van der Waals surface area contributed by atoms with E-state index in [1.165, 1.54) is 0 Å². The zero-order valence-electron chi connectivity index (χ0n) is 5.93. The number of hydrogen-bond acceptors (Lipinski definition) is 5. The molecule has 1 N–H and O–H groups in total. The van der Waals surface area contributed by atoms with Crippen molar-refractivity contribution in [3.05, 3.63) is 36.0 Å². The standard InChI is InChI=1S/C6H6N3OS2/c10-6(9(12)8-11)5-3-1-2-4-7-5/h1-4,7,10H/q-1/p-1. The first-order valence-corrected chi connectivity index (χ1v) is 3.80. The average Bonchev–Trinajstić information content (AvgIpc) is 2.17.